The van der Waals surface area contributed by atoms with Crippen LogP contribution in [0.25, 0.3) is 0 Å². The molecule has 0 radical (unpaired) electrons. The number of carboxylic acid groups (broad SMARTS) is 2. The van der Waals surface area contributed by atoms with Crippen LogP contribution in [0.4, 0.5) is 0 Å². The number of aliphatic carboxylic acids is 2. The molecule has 3 rings (SSSR count). The van der Waals surface area contributed by atoms with Gasteiger partial charge in [-0.3, -0.25) is 19.3 Å². The van der Waals surface area contributed by atoms with Crippen LogP contribution < -0.4 is 22.5 Å². The van der Waals surface area contributed by atoms with E-state index in [0.29, 0.717) is 29.9 Å². The van der Waals surface area contributed by atoms with Gasteiger partial charge in [0.2, 0.25) is 5.91 Å². The summed E-state index contributed by atoms with van der Waals surface area (Å²) in [6.45, 7) is 2.30. The zero-order valence-corrected chi connectivity index (χ0v) is 19.7. The van der Waals surface area contributed by atoms with Crippen molar-refractivity contribution in [2.24, 2.45) is 17.2 Å². The number of carbonyl (C=O) groups is 4. The molecule has 4 atom stereocenters. The van der Waals surface area contributed by atoms with E-state index in [9.17, 15) is 24.3 Å². The molecule has 1 saturated heterocycles. The second kappa shape index (κ2) is 12.5. The molecule has 0 bridgehead atoms. The van der Waals surface area contributed by atoms with E-state index in [4.69, 9.17) is 22.3 Å². The zero-order valence-electron chi connectivity index (χ0n) is 18.8. The third-order valence-electron chi connectivity index (χ3n) is 5.39. The molecule has 0 aromatic heterocycles. The molecule has 2 amide bonds. The van der Waals surface area contributed by atoms with Crippen molar-refractivity contribution < 1.29 is 29.4 Å². The normalized spacial score (nSPS) is 20.8. The molecule has 1 aromatic carbocycles. The van der Waals surface area contributed by atoms with E-state index < -0.39 is 47.3 Å². The SMILES string of the molecule is CC1=C(C(=O)O)N2C(=O)[C@H](NC(=O)C(N)c3ccccc3)[C@@H]2SC1.NCCCC[C@H](N)C(=O)O. The molecule has 9 N–H and O–H groups in total. The van der Waals surface area contributed by atoms with Crippen LogP contribution in [0.1, 0.15) is 37.8 Å². The van der Waals surface area contributed by atoms with Gasteiger partial charge in [-0.25, -0.2) is 4.79 Å². The van der Waals surface area contributed by atoms with Gasteiger partial charge >= 0.3 is 11.9 Å². The molecule has 2 aliphatic rings. The van der Waals surface area contributed by atoms with Gasteiger partial charge in [-0.15, -0.1) is 11.8 Å². The zero-order chi connectivity index (χ0) is 25.4. The Hall–Kier alpha value is -2.93. The summed E-state index contributed by atoms with van der Waals surface area (Å²) in [5.74, 6) is -2.43. The minimum atomic E-state index is -1.13. The third kappa shape index (κ3) is 6.56. The summed E-state index contributed by atoms with van der Waals surface area (Å²) in [6.07, 6.45) is 2.16. The quantitative estimate of drug-likeness (QED) is 0.200. The topological polar surface area (TPSA) is 202 Å². The Labute approximate surface area is 201 Å². The van der Waals surface area contributed by atoms with Gasteiger partial charge in [-0.1, -0.05) is 36.8 Å². The highest BCUT2D eigenvalue weighted by Crippen LogP contribution is 2.40. The molecule has 0 aliphatic carbocycles. The van der Waals surface area contributed by atoms with Gasteiger partial charge < -0.3 is 32.7 Å². The lowest BCUT2D eigenvalue weighted by atomic mass is 10.0. The van der Waals surface area contributed by atoms with Crippen LogP contribution in [-0.2, 0) is 19.2 Å². The Balaban J connectivity index is 0.000000347. The number of benzene rings is 1. The van der Waals surface area contributed by atoms with Gasteiger partial charge in [-0.2, -0.15) is 0 Å². The Kier molecular flexibility index (Phi) is 10.1. The molecule has 2 aliphatic heterocycles. The summed E-state index contributed by atoms with van der Waals surface area (Å²) >= 11 is 1.43. The molecule has 1 fully saturated rings. The highest BCUT2D eigenvalue weighted by Gasteiger charge is 2.53. The molecular weight excluding hydrogens is 462 g/mol. The lowest BCUT2D eigenvalue weighted by Crippen LogP contribution is -2.71. The van der Waals surface area contributed by atoms with E-state index in [1.165, 1.54) is 16.7 Å². The van der Waals surface area contributed by atoms with Crippen LogP contribution in [-0.4, -0.2) is 68.6 Å². The summed E-state index contributed by atoms with van der Waals surface area (Å²) in [5, 5.41) is 19.9. The summed E-state index contributed by atoms with van der Waals surface area (Å²) < 4.78 is 0. The second-order valence-electron chi connectivity index (χ2n) is 7.95. The summed E-state index contributed by atoms with van der Waals surface area (Å²) in [6, 6.07) is 6.52. The highest BCUT2D eigenvalue weighted by molar-refractivity contribution is 8.00. The number of nitrogens with one attached hydrogen (secondary N) is 1. The van der Waals surface area contributed by atoms with Crippen molar-refractivity contribution in [3.05, 3.63) is 47.2 Å². The van der Waals surface area contributed by atoms with E-state index >= 15 is 0 Å². The van der Waals surface area contributed by atoms with Gasteiger partial charge in [0.05, 0.1) is 0 Å². The molecule has 11 nitrogen and oxygen atoms in total. The van der Waals surface area contributed by atoms with Gasteiger partial charge in [0.1, 0.15) is 29.2 Å². The Morgan fingerprint density at radius 2 is 1.82 bits per heavy atom. The fourth-order valence-corrected chi connectivity index (χ4v) is 4.75. The molecule has 1 unspecified atom stereocenters. The molecule has 2 heterocycles. The summed E-state index contributed by atoms with van der Waals surface area (Å²) in [5.41, 5.74) is 17.7. The molecule has 186 valence electrons. The largest absolute Gasteiger partial charge is 0.480 e. The van der Waals surface area contributed by atoms with Crippen LogP contribution >= 0.6 is 11.8 Å². The van der Waals surface area contributed by atoms with Gasteiger partial charge in [0.15, 0.2) is 0 Å². The number of rotatable bonds is 9. The number of hydrogen-bond acceptors (Lipinski definition) is 8. The van der Waals surface area contributed by atoms with E-state index in [-0.39, 0.29) is 5.70 Å². The first-order valence-electron chi connectivity index (χ1n) is 10.8. The van der Waals surface area contributed by atoms with Crippen LogP contribution in [0.2, 0.25) is 0 Å². The van der Waals surface area contributed by atoms with Crippen molar-refractivity contribution in [1.82, 2.24) is 10.2 Å². The Morgan fingerprint density at radius 3 is 2.38 bits per heavy atom. The number of nitrogens with zero attached hydrogens (tertiary/aromatic N) is 1. The van der Waals surface area contributed by atoms with Gasteiger partial charge in [0.25, 0.3) is 5.91 Å². The predicted molar refractivity (Wildman–Crippen MR) is 127 cm³/mol. The van der Waals surface area contributed by atoms with Crippen molar-refractivity contribution >= 4 is 35.5 Å². The summed E-state index contributed by atoms with van der Waals surface area (Å²) in [4.78, 5) is 47.3. The summed E-state index contributed by atoms with van der Waals surface area (Å²) in [7, 11) is 0. The number of unbranched alkanes of at least 4 members (excludes halogenated alkanes) is 1. The Morgan fingerprint density at radius 1 is 1.18 bits per heavy atom. The molecule has 0 spiro atoms. The van der Waals surface area contributed by atoms with Crippen molar-refractivity contribution in [2.45, 2.75) is 49.7 Å². The molecule has 34 heavy (non-hydrogen) atoms. The van der Waals surface area contributed by atoms with E-state index in [0.717, 1.165) is 12.8 Å². The maximum atomic E-state index is 12.3. The lowest BCUT2D eigenvalue weighted by molar-refractivity contribution is -0.150. The number of carbonyl (C=O) groups excluding carboxylic acids is 2. The fourth-order valence-electron chi connectivity index (χ4n) is 3.46. The number of β-lactam (4-membered cyclic amide) rings is 1. The minimum Gasteiger partial charge on any atom is -0.480 e. The highest BCUT2D eigenvalue weighted by atomic mass is 32.2. The lowest BCUT2D eigenvalue weighted by Gasteiger charge is -2.49. The number of fused-ring (bicyclic) bond motifs is 1. The molecule has 0 saturated carbocycles. The maximum absolute atomic E-state index is 12.3. The fraction of sp³-hybridized carbons (Fsp3) is 0.455. The Bertz CT molecular complexity index is 941. The number of amides is 2. The molecule has 12 heteroatoms. The van der Waals surface area contributed by atoms with Crippen LogP contribution in [0.15, 0.2) is 41.6 Å². The van der Waals surface area contributed by atoms with Gasteiger partial charge in [0, 0.05) is 5.75 Å². The first-order valence-corrected chi connectivity index (χ1v) is 11.8. The predicted octanol–water partition coefficient (Wildman–Crippen LogP) is -0.0278. The smallest absolute Gasteiger partial charge is 0.352 e. The van der Waals surface area contributed by atoms with E-state index in [2.05, 4.69) is 5.32 Å². The van der Waals surface area contributed by atoms with Crippen LogP contribution in [0.3, 0.4) is 0 Å². The first-order chi connectivity index (χ1) is 16.1. The van der Waals surface area contributed by atoms with Crippen LogP contribution in [0.5, 0.6) is 0 Å². The van der Waals surface area contributed by atoms with Crippen molar-refractivity contribution in [3.63, 3.8) is 0 Å². The van der Waals surface area contributed by atoms with Crippen molar-refractivity contribution in [2.75, 3.05) is 12.3 Å². The van der Waals surface area contributed by atoms with Crippen molar-refractivity contribution in [3.8, 4) is 0 Å². The first kappa shape index (κ1) is 27.3. The van der Waals surface area contributed by atoms with Crippen LogP contribution in [0, 0.1) is 0 Å². The van der Waals surface area contributed by atoms with Gasteiger partial charge in [-0.05, 0) is 37.4 Å². The number of carboxylic acids is 2. The number of thioether (sulfide) groups is 1. The third-order valence-corrected chi connectivity index (χ3v) is 6.81. The molecular formula is C22H31N5O6S. The average molecular weight is 494 g/mol. The van der Waals surface area contributed by atoms with Crippen molar-refractivity contribution in [1.29, 1.82) is 0 Å². The number of nitrogens with two attached hydrogens (primary N) is 3. The minimum absolute atomic E-state index is 0.0154. The monoisotopic (exact) mass is 493 g/mol. The second-order valence-corrected chi connectivity index (χ2v) is 9.05. The maximum Gasteiger partial charge on any atom is 0.352 e. The van der Waals surface area contributed by atoms with E-state index in [1.54, 1.807) is 31.2 Å². The molecule has 1 aromatic rings. The van der Waals surface area contributed by atoms with E-state index in [1.807, 2.05) is 6.07 Å². The number of hydrogen-bond donors (Lipinski definition) is 6. The average Bonchev–Trinajstić information content (AvgIpc) is 2.82. The standard InChI is InChI=1S/C16H17N3O4S.C6H14N2O2/c1-8-7-24-15-11(14(21)19(15)12(8)16(22)23)18-13(20)10(17)9-5-3-2-4-6-9;7-4-2-1-3-5(8)6(9)10/h2-6,10-11,15H,7,17H2,1H3,(H,18,20)(H,22,23);5H,1-4,7-8H2,(H,9,10)/t10?,11-,15-;5-/m00/s1.